The summed E-state index contributed by atoms with van der Waals surface area (Å²) in [6.07, 6.45) is 5.72. The third kappa shape index (κ3) is 5.94. The normalized spacial score (nSPS) is 22.2. The maximum absolute atomic E-state index is 13.2. The maximum atomic E-state index is 13.2. The molecule has 1 amide bonds. The van der Waals surface area contributed by atoms with Gasteiger partial charge in [-0.25, -0.2) is 4.39 Å². The number of halogens is 2. The number of hydrogen-bond acceptors (Lipinski definition) is 3. The second-order valence-corrected chi connectivity index (χ2v) is 6.88. The lowest BCUT2D eigenvalue weighted by molar-refractivity contribution is -0.123. The Morgan fingerprint density at radius 3 is 2.60 bits per heavy atom. The molecule has 2 aliphatic heterocycles. The number of carbonyl (C=O) groups excluding carboxylic acids is 1. The smallest absolute Gasteiger partial charge is 0.220 e. The molecular weight excluding hydrogens is 343 g/mol. The first-order valence-corrected chi connectivity index (χ1v) is 9.09. The van der Waals surface area contributed by atoms with Crippen molar-refractivity contribution in [1.82, 2.24) is 10.6 Å². The topological polar surface area (TPSA) is 50.4 Å². The van der Waals surface area contributed by atoms with Crippen LogP contribution in [0.1, 0.15) is 50.1 Å². The molecule has 0 aromatic heterocycles. The van der Waals surface area contributed by atoms with Crippen molar-refractivity contribution in [2.75, 3.05) is 19.7 Å². The van der Waals surface area contributed by atoms with Gasteiger partial charge in [0.15, 0.2) is 0 Å². The summed E-state index contributed by atoms with van der Waals surface area (Å²) < 4.78 is 19.0. The van der Waals surface area contributed by atoms with Crippen molar-refractivity contribution in [3.05, 3.63) is 35.6 Å². The summed E-state index contributed by atoms with van der Waals surface area (Å²) in [5.74, 6) is 0.449. The summed E-state index contributed by atoms with van der Waals surface area (Å²) in [6, 6.07) is 6.19. The lowest BCUT2D eigenvalue weighted by Crippen LogP contribution is -2.36. The Labute approximate surface area is 155 Å². The lowest BCUT2D eigenvalue weighted by atomic mass is 9.92. The van der Waals surface area contributed by atoms with E-state index in [1.807, 2.05) is 0 Å². The number of nitrogens with one attached hydrogen (secondary N) is 2. The van der Waals surface area contributed by atoms with Gasteiger partial charge in [0.25, 0.3) is 0 Å². The van der Waals surface area contributed by atoms with Gasteiger partial charge in [0.2, 0.25) is 5.91 Å². The monoisotopic (exact) mass is 370 g/mol. The number of carbonyl (C=O) groups is 1. The van der Waals surface area contributed by atoms with Crippen LogP contribution in [0.25, 0.3) is 0 Å². The summed E-state index contributed by atoms with van der Waals surface area (Å²) in [4.78, 5) is 12.4. The van der Waals surface area contributed by atoms with E-state index >= 15 is 0 Å². The highest BCUT2D eigenvalue weighted by Crippen LogP contribution is 2.27. The van der Waals surface area contributed by atoms with Crippen molar-refractivity contribution in [2.24, 2.45) is 5.92 Å². The molecular formula is C19H28ClFN2O2. The Kier molecular flexibility index (Phi) is 8.13. The standard InChI is InChI=1S/C19H27FN2O2.ClH/c20-16-6-4-15(5-7-16)19(17-2-1-13-24-17)22-18(23)8-3-14-9-11-21-12-10-14;/h4-7,14,17,19,21H,1-3,8-13H2,(H,22,23);1H. The van der Waals surface area contributed by atoms with Gasteiger partial charge >= 0.3 is 0 Å². The van der Waals surface area contributed by atoms with Crippen molar-refractivity contribution in [3.63, 3.8) is 0 Å². The molecule has 2 unspecified atom stereocenters. The van der Waals surface area contributed by atoms with Crippen LogP contribution in [-0.2, 0) is 9.53 Å². The SMILES string of the molecule is Cl.O=C(CCC1CCNCC1)NC(c1ccc(F)cc1)C1CCCO1. The molecule has 140 valence electrons. The number of hydrogen-bond donors (Lipinski definition) is 2. The molecule has 0 saturated carbocycles. The van der Waals surface area contributed by atoms with Crippen LogP contribution in [0, 0.1) is 11.7 Å². The summed E-state index contributed by atoms with van der Waals surface area (Å²) in [5.41, 5.74) is 0.915. The van der Waals surface area contributed by atoms with E-state index in [-0.39, 0.29) is 36.3 Å². The van der Waals surface area contributed by atoms with Gasteiger partial charge in [-0.05, 0) is 68.8 Å². The zero-order valence-electron chi connectivity index (χ0n) is 14.5. The Hall–Kier alpha value is -1.17. The van der Waals surface area contributed by atoms with E-state index in [0.29, 0.717) is 12.3 Å². The Morgan fingerprint density at radius 2 is 1.96 bits per heavy atom. The predicted octanol–water partition coefficient (Wildman–Crippen LogP) is 3.36. The first-order valence-electron chi connectivity index (χ1n) is 9.09. The molecule has 2 fully saturated rings. The molecule has 1 aromatic carbocycles. The maximum Gasteiger partial charge on any atom is 0.220 e. The molecule has 3 rings (SSSR count). The number of piperidine rings is 1. The molecule has 0 spiro atoms. The molecule has 0 bridgehead atoms. The summed E-state index contributed by atoms with van der Waals surface area (Å²) in [5, 5.41) is 6.48. The first kappa shape index (κ1) is 20.1. The zero-order chi connectivity index (χ0) is 16.8. The molecule has 6 heteroatoms. The first-order chi connectivity index (χ1) is 11.7. The van der Waals surface area contributed by atoms with Crippen LogP contribution in [0.5, 0.6) is 0 Å². The van der Waals surface area contributed by atoms with Crippen LogP contribution in [0.2, 0.25) is 0 Å². The van der Waals surface area contributed by atoms with Gasteiger partial charge < -0.3 is 15.4 Å². The quantitative estimate of drug-likeness (QED) is 0.807. The van der Waals surface area contributed by atoms with Gasteiger partial charge in [0, 0.05) is 13.0 Å². The fraction of sp³-hybridized carbons (Fsp3) is 0.632. The van der Waals surface area contributed by atoms with Crippen molar-refractivity contribution in [2.45, 2.75) is 50.7 Å². The average Bonchev–Trinajstić information content (AvgIpc) is 3.14. The molecule has 2 aliphatic rings. The van der Waals surface area contributed by atoms with E-state index in [1.165, 1.54) is 12.1 Å². The van der Waals surface area contributed by atoms with Gasteiger partial charge in [-0.1, -0.05) is 12.1 Å². The van der Waals surface area contributed by atoms with Crippen molar-refractivity contribution >= 4 is 18.3 Å². The third-order valence-electron chi connectivity index (χ3n) is 5.12. The highest BCUT2D eigenvalue weighted by Gasteiger charge is 2.29. The van der Waals surface area contributed by atoms with Gasteiger partial charge in [-0.2, -0.15) is 0 Å². The van der Waals surface area contributed by atoms with E-state index < -0.39 is 0 Å². The van der Waals surface area contributed by atoms with Gasteiger partial charge in [0.1, 0.15) is 5.82 Å². The predicted molar refractivity (Wildman–Crippen MR) is 98.3 cm³/mol. The van der Waals surface area contributed by atoms with Crippen molar-refractivity contribution < 1.29 is 13.9 Å². The minimum Gasteiger partial charge on any atom is -0.376 e. The summed E-state index contributed by atoms with van der Waals surface area (Å²) in [6.45, 7) is 2.84. The summed E-state index contributed by atoms with van der Waals surface area (Å²) >= 11 is 0. The average molecular weight is 371 g/mol. The van der Waals surface area contributed by atoms with E-state index in [2.05, 4.69) is 10.6 Å². The number of amides is 1. The molecule has 2 heterocycles. The van der Waals surface area contributed by atoms with Crippen LogP contribution in [0.3, 0.4) is 0 Å². The van der Waals surface area contributed by atoms with Crippen LogP contribution >= 0.6 is 12.4 Å². The van der Waals surface area contributed by atoms with Crippen molar-refractivity contribution in [1.29, 1.82) is 0 Å². The molecule has 1 aromatic rings. The Morgan fingerprint density at radius 1 is 1.24 bits per heavy atom. The zero-order valence-corrected chi connectivity index (χ0v) is 15.3. The highest BCUT2D eigenvalue weighted by atomic mass is 35.5. The van der Waals surface area contributed by atoms with Crippen molar-refractivity contribution in [3.8, 4) is 0 Å². The molecule has 0 aliphatic carbocycles. The fourth-order valence-corrected chi connectivity index (χ4v) is 3.68. The third-order valence-corrected chi connectivity index (χ3v) is 5.12. The largest absolute Gasteiger partial charge is 0.376 e. The highest BCUT2D eigenvalue weighted by molar-refractivity contribution is 5.85. The second-order valence-electron chi connectivity index (χ2n) is 6.88. The van der Waals surface area contributed by atoms with E-state index in [0.717, 1.165) is 57.4 Å². The minimum absolute atomic E-state index is 0. The summed E-state index contributed by atoms with van der Waals surface area (Å²) in [7, 11) is 0. The van der Waals surface area contributed by atoms with Gasteiger partial charge in [-0.3, -0.25) is 4.79 Å². The number of benzene rings is 1. The lowest BCUT2D eigenvalue weighted by Gasteiger charge is -2.26. The van der Waals surface area contributed by atoms with E-state index in [9.17, 15) is 9.18 Å². The Balaban J connectivity index is 0.00000225. The molecule has 0 radical (unpaired) electrons. The van der Waals surface area contributed by atoms with Gasteiger partial charge in [0.05, 0.1) is 12.1 Å². The van der Waals surface area contributed by atoms with Crippen LogP contribution < -0.4 is 10.6 Å². The second kappa shape index (κ2) is 10.1. The Bertz CT molecular complexity index is 529. The molecule has 2 saturated heterocycles. The van der Waals surface area contributed by atoms with E-state index in [1.54, 1.807) is 12.1 Å². The molecule has 25 heavy (non-hydrogen) atoms. The molecule has 2 atom stereocenters. The van der Waals surface area contributed by atoms with Crippen LogP contribution in [0.15, 0.2) is 24.3 Å². The van der Waals surface area contributed by atoms with Crippen LogP contribution in [0.4, 0.5) is 4.39 Å². The molecule has 2 N–H and O–H groups in total. The minimum atomic E-state index is -0.262. The van der Waals surface area contributed by atoms with Crippen LogP contribution in [-0.4, -0.2) is 31.7 Å². The fourth-order valence-electron chi connectivity index (χ4n) is 3.68. The van der Waals surface area contributed by atoms with E-state index in [4.69, 9.17) is 4.74 Å². The number of ether oxygens (including phenoxy) is 1. The van der Waals surface area contributed by atoms with Gasteiger partial charge in [-0.15, -0.1) is 12.4 Å². The number of rotatable bonds is 6. The molecule has 4 nitrogen and oxygen atoms in total.